The predicted molar refractivity (Wildman–Crippen MR) is 79.1 cm³/mol. The van der Waals surface area contributed by atoms with E-state index in [0.717, 1.165) is 12.2 Å². The topological polar surface area (TPSA) is 41.0 Å². The number of hydrogen-bond donors (Lipinski definition) is 1. The second-order valence-corrected chi connectivity index (χ2v) is 6.15. The third kappa shape index (κ3) is 1.95. The highest BCUT2D eigenvalue weighted by Crippen LogP contribution is 2.40. The molecule has 3 aliphatic heterocycles. The summed E-state index contributed by atoms with van der Waals surface area (Å²) in [6.07, 6.45) is 9.89. The van der Waals surface area contributed by atoms with Crippen molar-refractivity contribution in [2.75, 3.05) is 26.2 Å². The lowest BCUT2D eigenvalue weighted by molar-refractivity contribution is 0.239. The van der Waals surface area contributed by atoms with Gasteiger partial charge >= 0.3 is 0 Å². The van der Waals surface area contributed by atoms with Crippen LogP contribution in [0, 0.1) is 0 Å². The van der Waals surface area contributed by atoms with Crippen LogP contribution in [-0.2, 0) is 5.41 Å². The van der Waals surface area contributed by atoms with Crippen LogP contribution in [-0.4, -0.2) is 41.3 Å². The molecular formula is C16H20N4. The molecular weight excluding hydrogens is 248 g/mol. The van der Waals surface area contributed by atoms with E-state index in [1.165, 1.54) is 50.2 Å². The number of rotatable bonds is 2. The molecule has 1 N–H and O–H groups in total. The summed E-state index contributed by atoms with van der Waals surface area (Å²) in [5.41, 5.74) is 3.68. The molecule has 0 amide bonds. The lowest BCUT2D eigenvalue weighted by atomic mass is 9.78. The zero-order valence-electron chi connectivity index (χ0n) is 11.7. The largest absolute Gasteiger partial charge is 0.387 e. The minimum absolute atomic E-state index is 0.281. The van der Waals surface area contributed by atoms with Crippen LogP contribution in [0.25, 0.3) is 5.57 Å². The van der Waals surface area contributed by atoms with Crippen molar-refractivity contribution in [3.8, 4) is 0 Å². The number of allylic oxidation sites excluding steroid dienone is 2. The van der Waals surface area contributed by atoms with Gasteiger partial charge in [0.25, 0.3) is 0 Å². The van der Waals surface area contributed by atoms with Crippen LogP contribution in [0.2, 0.25) is 0 Å². The van der Waals surface area contributed by atoms with E-state index >= 15 is 0 Å². The Kier molecular flexibility index (Phi) is 2.84. The molecule has 4 nitrogen and oxygen atoms in total. The predicted octanol–water partition coefficient (Wildman–Crippen LogP) is 1.71. The van der Waals surface area contributed by atoms with Crippen molar-refractivity contribution in [2.24, 2.45) is 0 Å². The van der Waals surface area contributed by atoms with Crippen LogP contribution in [0.3, 0.4) is 0 Å². The van der Waals surface area contributed by atoms with Crippen LogP contribution in [0.4, 0.5) is 0 Å². The van der Waals surface area contributed by atoms with E-state index in [2.05, 4.69) is 38.6 Å². The van der Waals surface area contributed by atoms with E-state index in [-0.39, 0.29) is 5.41 Å². The van der Waals surface area contributed by atoms with Crippen molar-refractivity contribution in [3.63, 3.8) is 0 Å². The highest BCUT2D eigenvalue weighted by Gasteiger charge is 2.43. The maximum absolute atomic E-state index is 4.58. The molecule has 1 aromatic heterocycles. The Hall–Kier alpha value is -1.68. The molecule has 0 radical (unpaired) electrons. The smallest absolute Gasteiger partial charge is 0.0907 e. The van der Waals surface area contributed by atoms with Crippen LogP contribution >= 0.6 is 0 Å². The first-order chi connectivity index (χ1) is 9.86. The zero-order chi connectivity index (χ0) is 13.4. The first-order valence-electron chi connectivity index (χ1n) is 7.52. The van der Waals surface area contributed by atoms with Crippen molar-refractivity contribution in [1.82, 2.24) is 20.4 Å². The summed E-state index contributed by atoms with van der Waals surface area (Å²) in [7, 11) is 0. The van der Waals surface area contributed by atoms with Crippen molar-refractivity contribution in [2.45, 2.75) is 24.7 Å². The van der Waals surface area contributed by atoms with Gasteiger partial charge in [0.1, 0.15) is 0 Å². The van der Waals surface area contributed by atoms with Crippen LogP contribution in [0.5, 0.6) is 0 Å². The second-order valence-electron chi connectivity index (χ2n) is 6.15. The molecule has 0 aliphatic carbocycles. The molecule has 0 spiro atoms. The molecule has 2 unspecified atom stereocenters. The summed E-state index contributed by atoms with van der Waals surface area (Å²) in [4.78, 5) is 2.57. The highest BCUT2D eigenvalue weighted by atomic mass is 15.2. The van der Waals surface area contributed by atoms with Gasteiger partial charge in [0.05, 0.1) is 11.4 Å². The van der Waals surface area contributed by atoms with Crippen molar-refractivity contribution in [1.29, 1.82) is 0 Å². The maximum atomic E-state index is 4.58. The normalized spacial score (nSPS) is 31.8. The molecule has 0 saturated carbocycles. The number of dihydropyridines is 1. The monoisotopic (exact) mass is 268 g/mol. The minimum atomic E-state index is 0.281. The summed E-state index contributed by atoms with van der Waals surface area (Å²) in [5.74, 6) is 0. The Labute approximate surface area is 119 Å². The van der Waals surface area contributed by atoms with Gasteiger partial charge in [-0.05, 0) is 62.3 Å². The summed E-state index contributed by atoms with van der Waals surface area (Å²) >= 11 is 0. The Bertz CT molecular complexity index is 556. The van der Waals surface area contributed by atoms with Gasteiger partial charge in [0.15, 0.2) is 0 Å². The SMILES string of the molecule is C1=CNCC(c2ccc(C34CCCN(CC3)C4)nn2)=C1. The summed E-state index contributed by atoms with van der Waals surface area (Å²) in [6.45, 7) is 4.50. The van der Waals surface area contributed by atoms with Gasteiger partial charge in [-0.1, -0.05) is 6.08 Å². The molecule has 2 saturated heterocycles. The molecule has 1 aromatic rings. The van der Waals surface area contributed by atoms with Crippen LogP contribution in [0.15, 0.2) is 30.5 Å². The molecule has 0 aromatic carbocycles. The third-order valence-electron chi connectivity index (χ3n) is 4.90. The van der Waals surface area contributed by atoms with Crippen LogP contribution < -0.4 is 5.32 Å². The lowest BCUT2D eigenvalue weighted by Gasteiger charge is -2.33. The van der Waals surface area contributed by atoms with Crippen LogP contribution in [0.1, 0.15) is 30.7 Å². The number of aromatic nitrogens is 2. The molecule has 20 heavy (non-hydrogen) atoms. The van der Waals surface area contributed by atoms with Gasteiger partial charge in [0.2, 0.25) is 0 Å². The van der Waals surface area contributed by atoms with E-state index in [1.54, 1.807) is 0 Å². The summed E-state index contributed by atoms with van der Waals surface area (Å²) in [5, 5.41) is 12.3. The molecule has 4 heteroatoms. The Morgan fingerprint density at radius 3 is 2.95 bits per heavy atom. The molecule has 2 fully saturated rings. The number of piperidine rings is 1. The van der Waals surface area contributed by atoms with E-state index < -0.39 is 0 Å². The van der Waals surface area contributed by atoms with E-state index in [0.29, 0.717) is 0 Å². The summed E-state index contributed by atoms with van der Waals surface area (Å²) in [6, 6.07) is 4.34. The fraction of sp³-hybridized carbons (Fsp3) is 0.500. The average Bonchev–Trinajstić information content (AvgIpc) is 2.84. The highest BCUT2D eigenvalue weighted by molar-refractivity contribution is 5.66. The van der Waals surface area contributed by atoms with E-state index in [4.69, 9.17) is 0 Å². The third-order valence-corrected chi connectivity index (χ3v) is 4.90. The number of hydrogen-bond acceptors (Lipinski definition) is 4. The van der Waals surface area contributed by atoms with Crippen molar-refractivity contribution < 1.29 is 0 Å². The number of nitrogens with one attached hydrogen (secondary N) is 1. The molecule has 2 atom stereocenters. The van der Waals surface area contributed by atoms with Crippen molar-refractivity contribution >= 4 is 5.57 Å². The number of fused-ring (bicyclic) bond motifs is 2. The molecule has 3 aliphatic rings. The first-order valence-corrected chi connectivity index (χ1v) is 7.52. The fourth-order valence-electron chi connectivity index (χ4n) is 3.75. The quantitative estimate of drug-likeness (QED) is 0.886. The minimum Gasteiger partial charge on any atom is -0.387 e. The van der Waals surface area contributed by atoms with Gasteiger partial charge in [-0.3, -0.25) is 0 Å². The fourth-order valence-corrected chi connectivity index (χ4v) is 3.75. The Morgan fingerprint density at radius 2 is 2.15 bits per heavy atom. The molecule has 104 valence electrons. The Morgan fingerprint density at radius 1 is 1.15 bits per heavy atom. The van der Waals surface area contributed by atoms with E-state index in [1.807, 2.05) is 12.3 Å². The van der Waals surface area contributed by atoms with Gasteiger partial charge in [-0.2, -0.15) is 10.2 Å². The van der Waals surface area contributed by atoms with Gasteiger partial charge in [-0.25, -0.2) is 0 Å². The number of nitrogens with zero attached hydrogens (tertiary/aromatic N) is 3. The van der Waals surface area contributed by atoms with E-state index in [9.17, 15) is 0 Å². The molecule has 2 bridgehead atoms. The standard InChI is InChI=1S/C16H20N4/c1-3-13(11-17-8-1)14-4-5-15(19-18-14)16-6-2-9-20(12-16)10-7-16/h1,3-5,8,17H,2,6-7,9-12H2. The second kappa shape index (κ2) is 4.70. The van der Waals surface area contributed by atoms with Gasteiger partial charge < -0.3 is 10.2 Å². The summed E-state index contributed by atoms with van der Waals surface area (Å²) < 4.78 is 0. The zero-order valence-corrected chi connectivity index (χ0v) is 11.7. The first kappa shape index (κ1) is 12.1. The maximum Gasteiger partial charge on any atom is 0.0907 e. The van der Waals surface area contributed by atoms with Gasteiger partial charge in [0, 0.05) is 18.5 Å². The molecule has 4 heterocycles. The van der Waals surface area contributed by atoms with Gasteiger partial charge in [-0.15, -0.1) is 0 Å². The Balaban J connectivity index is 1.61. The average molecular weight is 268 g/mol. The lowest BCUT2D eigenvalue weighted by Crippen LogP contribution is -2.37. The van der Waals surface area contributed by atoms with Crippen molar-refractivity contribution in [3.05, 3.63) is 41.9 Å². The molecule has 4 rings (SSSR count).